The summed E-state index contributed by atoms with van der Waals surface area (Å²) in [5.74, 6) is 1.28. The topological polar surface area (TPSA) is 38.1 Å². The summed E-state index contributed by atoms with van der Waals surface area (Å²) in [5.41, 5.74) is 3.05. The first-order valence-electron chi connectivity index (χ1n) is 10.2. The van der Waals surface area contributed by atoms with Crippen molar-refractivity contribution in [3.8, 4) is 0 Å². The van der Waals surface area contributed by atoms with Gasteiger partial charge in [0, 0.05) is 36.1 Å². The molecule has 0 bridgehead atoms. The number of fused-ring (bicyclic) bond motifs is 1. The largest absolute Gasteiger partial charge is 0.328 e. The Balaban J connectivity index is 1.62. The van der Waals surface area contributed by atoms with Crippen molar-refractivity contribution in [1.82, 2.24) is 9.55 Å². The number of amides is 1. The Morgan fingerprint density at radius 2 is 1.96 bits per heavy atom. The molecular formula is C23H26ClN3O. The van der Waals surface area contributed by atoms with E-state index in [-0.39, 0.29) is 11.8 Å². The number of aromatic nitrogens is 2. The Labute approximate surface area is 171 Å². The van der Waals surface area contributed by atoms with Crippen molar-refractivity contribution >= 4 is 34.2 Å². The highest BCUT2D eigenvalue weighted by Crippen LogP contribution is 2.34. The summed E-state index contributed by atoms with van der Waals surface area (Å²) >= 11 is 6.13. The lowest BCUT2D eigenvalue weighted by Gasteiger charge is -2.17. The molecule has 4 nitrogen and oxygen atoms in total. The zero-order valence-corrected chi connectivity index (χ0v) is 17.0. The predicted octanol–water partition coefficient (Wildman–Crippen LogP) is 5.79. The SMILES string of the molecule is CCCCCCn1c([C@@H]2CC(=O)N(c3cccc(Cl)c3)C2)nc2ccccc21. The lowest BCUT2D eigenvalue weighted by molar-refractivity contribution is -0.117. The molecule has 0 aliphatic carbocycles. The van der Waals surface area contributed by atoms with E-state index in [4.69, 9.17) is 16.6 Å². The van der Waals surface area contributed by atoms with Gasteiger partial charge in [-0.15, -0.1) is 0 Å². The van der Waals surface area contributed by atoms with Gasteiger partial charge in [0.05, 0.1) is 11.0 Å². The molecule has 146 valence electrons. The summed E-state index contributed by atoms with van der Waals surface area (Å²) in [6.45, 7) is 3.84. The summed E-state index contributed by atoms with van der Waals surface area (Å²) in [6.07, 6.45) is 5.33. The fraction of sp³-hybridized carbons (Fsp3) is 0.391. The molecule has 0 unspecified atom stereocenters. The molecule has 1 fully saturated rings. The van der Waals surface area contributed by atoms with E-state index in [1.54, 1.807) is 0 Å². The molecule has 1 saturated heterocycles. The van der Waals surface area contributed by atoms with Crippen LogP contribution in [0.2, 0.25) is 5.02 Å². The zero-order valence-electron chi connectivity index (χ0n) is 16.3. The average molecular weight is 396 g/mol. The number of unbranched alkanes of at least 4 members (excludes halogenated alkanes) is 3. The minimum atomic E-state index is 0.102. The summed E-state index contributed by atoms with van der Waals surface area (Å²) < 4.78 is 2.34. The molecule has 28 heavy (non-hydrogen) atoms. The number of hydrogen-bond donors (Lipinski definition) is 0. The number of rotatable bonds is 7. The summed E-state index contributed by atoms with van der Waals surface area (Å²) in [4.78, 5) is 19.5. The number of carbonyl (C=O) groups is 1. The van der Waals surface area contributed by atoms with E-state index in [0.717, 1.165) is 30.0 Å². The molecule has 1 atom stereocenters. The number of aryl methyl sites for hydroxylation is 1. The van der Waals surface area contributed by atoms with Crippen LogP contribution in [0.15, 0.2) is 48.5 Å². The van der Waals surface area contributed by atoms with Crippen molar-refractivity contribution in [2.75, 3.05) is 11.4 Å². The lowest BCUT2D eigenvalue weighted by atomic mass is 10.1. The van der Waals surface area contributed by atoms with Crippen LogP contribution >= 0.6 is 11.6 Å². The third-order valence-corrected chi connectivity index (χ3v) is 5.76. The van der Waals surface area contributed by atoms with Crippen LogP contribution in [0.1, 0.15) is 50.8 Å². The van der Waals surface area contributed by atoms with E-state index in [1.165, 1.54) is 24.8 Å². The zero-order chi connectivity index (χ0) is 19.5. The second-order valence-corrected chi connectivity index (χ2v) is 7.99. The van der Waals surface area contributed by atoms with Gasteiger partial charge in [0.15, 0.2) is 0 Å². The smallest absolute Gasteiger partial charge is 0.227 e. The van der Waals surface area contributed by atoms with Crippen LogP contribution in [0.3, 0.4) is 0 Å². The van der Waals surface area contributed by atoms with Gasteiger partial charge in [0.1, 0.15) is 5.82 Å². The number of benzene rings is 2. The lowest BCUT2D eigenvalue weighted by Crippen LogP contribution is -2.24. The van der Waals surface area contributed by atoms with Gasteiger partial charge < -0.3 is 9.47 Å². The molecular weight excluding hydrogens is 370 g/mol. The van der Waals surface area contributed by atoms with Crippen molar-refractivity contribution in [3.63, 3.8) is 0 Å². The second kappa shape index (κ2) is 8.36. The number of anilines is 1. The van der Waals surface area contributed by atoms with Crippen molar-refractivity contribution in [3.05, 3.63) is 59.4 Å². The number of hydrogen-bond acceptors (Lipinski definition) is 2. The van der Waals surface area contributed by atoms with Gasteiger partial charge in [-0.2, -0.15) is 0 Å². The first-order valence-corrected chi connectivity index (χ1v) is 10.6. The van der Waals surface area contributed by atoms with Gasteiger partial charge in [-0.3, -0.25) is 4.79 Å². The molecule has 2 aromatic carbocycles. The molecule has 0 saturated carbocycles. The maximum absolute atomic E-state index is 12.7. The van der Waals surface area contributed by atoms with E-state index >= 15 is 0 Å². The fourth-order valence-corrected chi connectivity index (χ4v) is 4.30. The van der Waals surface area contributed by atoms with Gasteiger partial charge in [0.25, 0.3) is 0 Å². The number of carbonyl (C=O) groups excluding carboxylic acids is 1. The van der Waals surface area contributed by atoms with Crippen LogP contribution in [-0.4, -0.2) is 22.0 Å². The third kappa shape index (κ3) is 3.79. The van der Waals surface area contributed by atoms with Crippen LogP contribution in [0.25, 0.3) is 11.0 Å². The highest BCUT2D eigenvalue weighted by molar-refractivity contribution is 6.30. The Morgan fingerprint density at radius 1 is 1.11 bits per heavy atom. The van der Waals surface area contributed by atoms with E-state index in [1.807, 2.05) is 35.2 Å². The first kappa shape index (κ1) is 19.0. The molecule has 0 spiro atoms. The molecule has 4 rings (SSSR count). The quantitative estimate of drug-likeness (QED) is 0.475. The van der Waals surface area contributed by atoms with Crippen LogP contribution < -0.4 is 4.90 Å². The normalized spacial score (nSPS) is 17.0. The number of nitrogens with zero attached hydrogens (tertiary/aromatic N) is 3. The molecule has 0 N–H and O–H groups in total. The average Bonchev–Trinajstić information content (AvgIpc) is 3.26. The molecule has 1 aromatic heterocycles. The van der Waals surface area contributed by atoms with Crippen LogP contribution in [0.5, 0.6) is 0 Å². The molecule has 0 radical (unpaired) electrons. The summed E-state index contributed by atoms with van der Waals surface area (Å²) in [6, 6.07) is 15.8. The molecule has 3 aromatic rings. The minimum Gasteiger partial charge on any atom is -0.328 e. The number of para-hydroxylation sites is 2. The maximum Gasteiger partial charge on any atom is 0.227 e. The molecule has 1 amide bonds. The van der Waals surface area contributed by atoms with E-state index in [2.05, 4.69) is 29.7 Å². The predicted molar refractivity (Wildman–Crippen MR) is 115 cm³/mol. The van der Waals surface area contributed by atoms with Gasteiger partial charge in [0.2, 0.25) is 5.91 Å². The van der Waals surface area contributed by atoms with E-state index < -0.39 is 0 Å². The van der Waals surface area contributed by atoms with Crippen LogP contribution in [0.4, 0.5) is 5.69 Å². The standard InChI is InChI=1S/C23H26ClN3O/c1-2-3-4-7-13-26-21-12-6-5-11-20(21)25-23(26)17-14-22(28)27(16-17)19-10-8-9-18(24)15-19/h5-6,8-12,15,17H,2-4,7,13-14,16H2,1H3/t17-/m1/s1. The Kier molecular flexibility index (Phi) is 5.67. The third-order valence-electron chi connectivity index (χ3n) is 5.53. The number of imidazole rings is 1. The van der Waals surface area contributed by atoms with E-state index in [9.17, 15) is 4.79 Å². The van der Waals surface area contributed by atoms with Crippen LogP contribution in [0, 0.1) is 0 Å². The summed E-state index contributed by atoms with van der Waals surface area (Å²) in [5, 5.41) is 0.650. The van der Waals surface area contributed by atoms with Gasteiger partial charge >= 0.3 is 0 Å². The first-order chi connectivity index (χ1) is 13.7. The fourth-order valence-electron chi connectivity index (χ4n) is 4.11. The van der Waals surface area contributed by atoms with Gasteiger partial charge in [-0.1, -0.05) is 56.0 Å². The highest BCUT2D eigenvalue weighted by Gasteiger charge is 2.34. The van der Waals surface area contributed by atoms with Crippen molar-refractivity contribution in [1.29, 1.82) is 0 Å². The van der Waals surface area contributed by atoms with E-state index in [0.29, 0.717) is 18.0 Å². The maximum atomic E-state index is 12.7. The number of halogens is 1. The molecule has 5 heteroatoms. The molecule has 1 aliphatic heterocycles. The van der Waals surface area contributed by atoms with Crippen molar-refractivity contribution in [2.45, 2.75) is 51.5 Å². The summed E-state index contributed by atoms with van der Waals surface area (Å²) in [7, 11) is 0. The monoisotopic (exact) mass is 395 g/mol. The van der Waals surface area contributed by atoms with Gasteiger partial charge in [-0.25, -0.2) is 4.98 Å². The Hall–Kier alpha value is -2.33. The highest BCUT2D eigenvalue weighted by atomic mass is 35.5. The van der Waals surface area contributed by atoms with Crippen LogP contribution in [-0.2, 0) is 11.3 Å². The Morgan fingerprint density at radius 3 is 2.79 bits per heavy atom. The minimum absolute atomic E-state index is 0.102. The van der Waals surface area contributed by atoms with Crippen molar-refractivity contribution in [2.24, 2.45) is 0 Å². The molecule has 1 aliphatic rings. The Bertz CT molecular complexity index is 981. The van der Waals surface area contributed by atoms with Gasteiger partial charge in [-0.05, 0) is 36.8 Å². The molecule has 2 heterocycles. The van der Waals surface area contributed by atoms with Crippen molar-refractivity contribution < 1.29 is 4.79 Å². The second-order valence-electron chi connectivity index (χ2n) is 7.56.